The van der Waals surface area contributed by atoms with Crippen LogP contribution in [0.25, 0.3) is 0 Å². The summed E-state index contributed by atoms with van der Waals surface area (Å²) in [5, 5.41) is 8.20. The van der Waals surface area contributed by atoms with Crippen molar-refractivity contribution < 1.29 is 0 Å². The van der Waals surface area contributed by atoms with E-state index in [1.807, 2.05) is 12.3 Å². The van der Waals surface area contributed by atoms with Crippen molar-refractivity contribution in [2.75, 3.05) is 7.05 Å². The van der Waals surface area contributed by atoms with Crippen LogP contribution in [0.4, 0.5) is 0 Å². The van der Waals surface area contributed by atoms with E-state index in [-0.39, 0.29) is 0 Å². The van der Waals surface area contributed by atoms with Gasteiger partial charge in [0.1, 0.15) is 18.0 Å². The third kappa shape index (κ3) is 4.07. The zero-order chi connectivity index (χ0) is 15.4. The lowest BCUT2D eigenvalue weighted by atomic mass is 10.2. The molecule has 0 aromatic carbocycles. The lowest BCUT2D eigenvalue weighted by Gasteiger charge is -2.18. The van der Waals surface area contributed by atoms with Gasteiger partial charge in [0.15, 0.2) is 0 Å². The van der Waals surface area contributed by atoms with E-state index in [4.69, 9.17) is 0 Å². The smallest absolute Gasteiger partial charge is 0.147 e. The lowest BCUT2D eigenvalue weighted by Crippen LogP contribution is -2.21. The molecule has 6 nitrogen and oxygen atoms in total. The van der Waals surface area contributed by atoms with Crippen LogP contribution in [0.2, 0.25) is 0 Å². The van der Waals surface area contributed by atoms with E-state index in [0.717, 1.165) is 30.4 Å². The molecule has 0 radical (unpaired) electrons. The van der Waals surface area contributed by atoms with Crippen LogP contribution in [-0.2, 0) is 13.1 Å². The minimum Gasteiger partial charge on any atom is -0.314 e. The van der Waals surface area contributed by atoms with Crippen LogP contribution in [0.1, 0.15) is 57.0 Å². The van der Waals surface area contributed by atoms with E-state index in [9.17, 15) is 0 Å². The van der Waals surface area contributed by atoms with Gasteiger partial charge in [-0.05, 0) is 27.0 Å². The van der Waals surface area contributed by atoms with Crippen LogP contribution in [-0.4, -0.2) is 36.7 Å². The van der Waals surface area contributed by atoms with Crippen LogP contribution in [0, 0.1) is 0 Å². The topological polar surface area (TPSA) is 59.7 Å². The first-order valence-electron chi connectivity index (χ1n) is 7.36. The number of rotatable bonds is 6. The van der Waals surface area contributed by atoms with Crippen molar-refractivity contribution in [3.05, 3.63) is 35.9 Å². The molecule has 0 spiro atoms. The highest BCUT2D eigenvalue weighted by Gasteiger charge is 2.11. The summed E-state index contributed by atoms with van der Waals surface area (Å²) in [6, 6.07) is 2.34. The zero-order valence-electron chi connectivity index (χ0n) is 13.5. The fraction of sp³-hybridized carbons (Fsp3) is 0.600. The van der Waals surface area contributed by atoms with E-state index < -0.39 is 0 Å². The Kier molecular flexibility index (Phi) is 5.01. The van der Waals surface area contributed by atoms with Crippen molar-refractivity contribution >= 4 is 0 Å². The van der Waals surface area contributed by atoms with Gasteiger partial charge in [0.25, 0.3) is 0 Å². The highest BCUT2D eigenvalue weighted by atomic mass is 15.3. The SMILES string of the molecule is CC(C)c1nccc(CN(C)Cc2nncn2C(C)C)n1. The Bertz CT molecular complexity index is 575. The number of aromatic nitrogens is 5. The van der Waals surface area contributed by atoms with Gasteiger partial charge in [-0.15, -0.1) is 10.2 Å². The monoisotopic (exact) mass is 288 g/mol. The average molecular weight is 288 g/mol. The molecule has 114 valence electrons. The predicted molar refractivity (Wildman–Crippen MR) is 81.7 cm³/mol. The molecule has 0 unspecified atom stereocenters. The Hall–Kier alpha value is -1.82. The molecule has 2 heterocycles. The molecule has 21 heavy (non-hydrogen) atoms. The fourth-order valence-corrected chi connectivity index (χ4v) is 2.16. The molecule has 2 rings (SSSR count). The van der Waals surface area contributed by atoms with Gasteiger partial charge in [-0.3, -0.25) is 4.90 Å². The minimum atomic E-state index is 0.347. The van der Waals surface area contributed by atoms with Gasteiger partial charge in [-0.2, -0.15) is 0 Å². The summed E-state index contributed by atoms with van der Waals surface area (Å²) in [6.07, 6.45) is 3.62. The third-order valence-corrected chi connectivity index (χ3v) is 3.30. The summed E-state index contributed by atoms with van der Waals surface area (Å²) in [7, 11) is 2.07. The quantitative estimate of drug-likeness (QED) is 0.817. The molecule has 0 fully saturated rings. The van der Waals surface area contributed by atoms with Crippen molar-refractivity contribution in [2.24, 2.45) is 0 Å². The molecular weight excluding hydrogens is 264 g/mol. The number of hydrogen-bond donors (Lipinski definition) is 0. The summed E-state index contributed by atoms with van der Waals surface area (Å²) in [5.74, 6) is 2.22. The second kappa shape index (κ2) is 6.76. The molecule has 6 heteroatoms. The lowest BCUT2D eigenvalue weighted by molar-refractivity contribution is 0.298. The Morgan fingerprint density at radius 3 is 2.62 bits per heavy atom. The Morgan fingerprint density at radius 2 is 1.95 bits per heavy atom. The Morgan fingerprint density at radius 1 is 1.19 bits per heavy atom. The molecule has 0 saturated carbocycles. The van der Waals surface area contributed by atoms with E-state index >= 15 is 0 Å². The predicted octanol–water partition coefficient (Wildman–Crippen LogP) is 2.40. The summed E-state index contributed by atoms with van der Waals surface area (Å²) in [6.45, 7) is 9.99. The number of hydrogen-bond acceptors (Lipinski definition) is 5. The van der Waals surface area contributed by atoms with Gasteiger partial charge < -0.3 is 4.57 Å². The van der Waals surface area contributed by atoms with E-state index in [1.54, 1.807) is 6.33 Å². The normalized spacial score (nSPS) is 11.8. The van der Waals surface area contributed by atoms with Crippen LogP contribution in [0.3, 0.4) is 0 Å². The molecule has 0 atom stereocenters. The molecule has 0 saturated heterocycles. The van der Waals surface area contributed by atoms with Crippen LogP contribution >= 0.6 is 0 Å². The fourth-order valence-electron chi connectivity index (χ4n) is 2.16. The second-order valence-corrected chi connectivity index (χ2v) is 5.98. The summed E-state index contributed by atoms with van der Waals surface area (Å²) >= 11 is 0. The molecule has 0 aliphatic carbocycles. The van der Waals surface area contributed by atoms with Gasteiger partial charge in [0.05, 0.1) is 12.2 Å². The van der Waals surface area contributed by atoms with Crippen molar-refractivity contribution in [3.8, 4) is 0 Å². The largest absolute Gasteiger partial charge is 0.314 e. The van der Waals surface area contributed by atoms with Gasteiger partial charge in [0.2, 0.25) is 0 Å². The molecular formula is C15H24N6. The first-order valence-corrected chi connectivity index (χ1v) is 7.36. The first kappa shape index (κ1) is 15.6. The highest BCUT2D eigenvalue weighted by Crippen LogP contribution is 2.12. The van der Waals surface area contributed by atoms with Crippen molar-refractivity contribution in [3.63, 3.8) is 0 Å². The maximum absolute atomic E-state index is 4.60. The number of nitrogens with zero attached hydrogens (tertiary/aromatic N) is 6. The van der Waals surface area contributed by atoms with Crippen LogP contribution in [0.15, 0.2) is 18.6 Å². The van der Waals surface area contributed by atoms with E-state index in [2.05, 4.69) is 64.4 Å². The van der Waals surface area contributed by atoms with Gasteiger partial charge >= 0.3 is 0 Å². The third-order valence-electron chi connectivity index (χ3n) is 3.30. The highest BCUT2D eigenvalue weighted by molar-refractivity contribution is 5.04. The van der Waals surface area contributed by atoms with Gasteiger partial charge in [-0.1, -0.05) is 13.8 Å². The standard InChI is InChI=1S/C15H24N6/c1-11(2)15-16-7-6-13(18-15)8-20(5)9-14-19-17-10-21(14)12(3)4/h6-7,10-12H,8-9H2,1-5H3. The van der Waals surface area contributed by atoms with E-state index in [0.29, 0.717) is 12.0 Å². The zero-order valence-corrected chi connectivity index (χ0v) is 13.5. The first-order chi connectivity index (χ1) is 9.97. The van der Waals surface area contributed by atoms with Crippen LogP contribution in [0.5, 0.6) is 0 Å². The molecule has 0 aliphatic heterocycles. The summed E-state index contributed by atoms with van der Waals surface area (Å²) < 4.78 is 2.09. The van der Waals surface area contributed by atoms with Crippen molar-refractivity contribution in [2.45, 2.75) is 52.7 Å². The molecule has 0 amide bonds. The second-order valence-electron chi connectivity index (χ2n) is 5.98. The average Bonchev–Trinajstić information content (AvgIpc) is 2.87. The maximum Gasteiger partial charge on any atom is 0.147 e. The molecule has 2 aromatic heterocycles. The van der Waals surface area contributed by atoms with Crippen LogP contribution < -0.4 is 0 Å². The van der Waals surface area contributed by atoms with Gasteiger partial charge in [0, 0.05) is 24.7 Å². The minimum absolute atomic E-state index is 0.347. The molecule has 0 N–H and O–H groups in total. The summed E-state index contributed by atoms with van der Waals surface area (Å²) in [5.41, 5.74) is 1.03. The molecule has 0 bridgehead atoms. The van der Waals surface area contributed by atoms with Gasteiger partial charge in [-0.25, -0.2) is 9.97 Å². The Balaban J connectivity index is 2.03. The molecule has 2 aromatic rings. The summed E-state index contributed by atoms with van der Waals surface area (Å²) in [4.78, 5) is 11.1. The molecule has 0 aliphatic rings. The van der Waals surface area contributed by atoms with E-state index in [1.165, 1.54) is 0 Å². The maximum atomic E-state index is 4.60. The van der Waals surface area contributed by atoms with Crippen molar-refractivity contribution in [1.82, 2.24) is 29.6 Å². The Labute approximate surface area is 126 Å². The van der Waals surface area contributed by atoms with Crippen molar-refractivity contribution in [1.29, 1.82) is 0 Å².